The van der Waals surface area contributed by atoms with Crippen LogP contribution >= 0.6 is 11.6 Å². The van der Waals surface area contributed by atoms with Crippen LogP contribution in [0.4, 0.5) is 22.7 Å². The maximum atomic E-state index is 12.6. The summed E-state index contributed by atoms with van der Waals surface area (Å²) >= 11 is 5.88. The minimum absolute atomic E-state index is 0.0573. The molecule has 1 aliphatic heterocycles. The average Bonchev–Trinajstić information content (AvgIpc) is 2.73. The maximum absolute atomic E-state index is 12.6. The van der Waals surface area contributed by atoms with E-state index in [1.165, 1.54) is 24.3 Å². The molecule has 0 bridgehead atoms. The quantitative estimate of drug-likeness (QED) is 0.547. The topological polar surface area (TPSA) is 122 Å². The Balaban J connectivity index is 1.65. The molecule has 1 saturated heterocycles. The Morgan fingerprint density at radius 1 is 1.03 bits per heavy atom. The molecule has 11 heteroatoms. The first-order valence-corrected chi connectivity index (χ1v) is 9.63. The molecule has 0 aromatic heterocycles. The number of carbonyl (C=O) groups excluding carboxylic acids is 1. The van der Waals surface area contributed by atoms with Crippen LogP contribution in [-0.2, 0) is 4.79 Å². The Hall–Kier alpha value is -3.24. The highest BCUT2D eigenvalue weighted by molar-refractivity contribution is 6.30. The number of hydrogen-bond donors (Lipinski definition) is 1. The van der Waals surface area contributed by atoms with Crippen molar-refractivity contribution in [3.05, 3.63) is 67.7 Å². The number of nitro benzene ring substituents is 2. The fraction of sp³-hybridized carbons (Fsp3) is 0.316. The van der Waals surface area contributed by atoms with E-state index in [-0.39, 0.29) is 23.0 Å². The fourth-order valence-corrected chi connectivity index (χ4v) is 3.57. The number of carbonyl (C=O) groups is 1. The van der Waals surface area contributed by atoms with Crippen LogP contribution in [0.1, 0.15) is 6.92 Å². The standard InChI is InChI=1S/C19H20ClN5O5/c1-13(19(26)21-15-4-2-3-5-16(15)24(27)28)22-8-10-23(11-9-22)17-7-6-14(20)12-18(17)25(29)30/h2-7,12-13H,8-11H2,1H3,(H,21,26). The number of benzene rings is 2. The number of nitrogens with one attached hydrogen (secondary N) is 1. The van der Waals surface area contributed by atoms with E-state index < -0.39 is 15.9 Å². The van der Waals surface area contributed by atoms with Crippen LogP contribution in [0.2, 0.25) is 5.02 Å². The molecule has 1 fully saturated rings. The van der Waals surface area contributed by atoms with Crippen molar-refractivity contribution in [1.29, 1.82) is 0 Å². The summed E-state index contributed by atoms with van der Waals surface area (Å²) in [6.07, 6.45) is 0. The number of para-hydroxylation sites is 2. The van der Waals surface area contributed by atoms with Crippen LogP contribution in [0.15, 0.2) is 42.5 Å². The molecular formula is C19H20ClN5O5. The highest BCUT2D eigenvalue weighted by atomic mass is 35.5. The molecule has 1 N–H and O–H groups in total. The summed E-state index contributed by atoms with van der Waals surface area (Å²) in [6, 6.07) is 10.0. The predicted molar refractivity (Wildman–Crippen MR) is 113 cm³/mol. The molecule has 0 radical (unpaired) electrons. The van der Waals surface area contributed by atoms with Crippen molar-refractivity contribution in [3.8, 4) is 0 Å². The SMILES string of the molecule is CC(C(=O)Nc1ccccc1[N+](=O)[O-])N1CCN(c2ccc(Cl)cc2[N+](=O)[O-])CC1. The smallest absolute Gasteiger partial charge is 0.294 e. The first-order valence-electron chi connectivity index (χ1n) is 9.25. The summed E-state index contributed by atoms with van der Waals surface area (Å²) in [7, 11) is 0. The van der Waals surface area contributed by atoms with Crippen LogP contribution in [0, 0.1) is 20.2 Å². The summed E-state index contributed by atoms with van der Waals surface area (Å²) in [6.45, 7) is 3.72. The zero-order chi connectivity index (χ0) is 21.8. The van der Waals surface area contributed by atoms with Crippen LogP contribution in [0.5, 0.6) is 0 Å². The van der Waals surface area contributed by atoms with Gasteiger partial charge in [0, 0.05) is 43.3 Å². The van der Waals surface area contributed by atoms with Crippen molar-refractivity contribution < 1.29 is 14.6 Å². The zero-order valence-corrected chi connectivity index (χ0v) is 16.9. The van der Waals surface area contributed by atoms with Crippen molar-refractivity contribution in [2.24, 2.45) is 0 Å². The molecule has 0 saturated carbocycles. The molecule has 0 aliphatic carbocycles. The Morgan fingerprint density at radius 2 is 1.67 bits per heavy atom. The van der Waals surface area contributed by atoms with Crippen molar-refractivity contribution in [2.45, 2.75) is 13.0 Å². The van der Waals surface area contributed by atoms with Crippen LogP contribution in [-0.4, -0.2) is 52.9 Å². The van der Waals surface area contributed by atoms with E-state index in [1.807, 2.05) is 9.80 Å². The first-order chi connectivity index (χ1) is 14.3. The number of anilines is 2. The molecular weight excluding hydrogens is 414 g/mol. The van der Waals surface area contributed by atoms with Crippen LogP contribution in [0.3, 0.4) is 0 Å². The lowest BCUT2D eigenvalue weighted by atomic mass is 10.1. The van der Waals surface area contributed by atoms with Gasteiger partial charge in [0.15, 0.2) is 0 Å². The molecule has 0 spiro atoms. The van der Waals surface area contributed by atoms with Gasteiger partial charge in [-0.1, -0.05) is 23.7 Å². The van der Waals surface area contributed by atoms with E-state index in [2.05, 4.69) is 5.32 Å². The van der Waals surface area contributed by atoms with Gasteiger partial charge in [-0.25, -0.2) is 0 Å². The largest absolute Gasteiger partial charge is 0.363 e. The number of amides is 1. The minimum Gasteiger partial charge on any atom is -0.363 e. The van der Waals surface area contributed by atoms with Crippen molar-refractivity contribution in [1.82, 2.24) is 4.90 Å². The lowest BCUT2D eigenvalue weighted by Crippen LogP contribution is -2.53. The van der Waals surface area contributed by atoms with Gasteiger partial charge in [0.2, 0.25) is 5.91 Å². The number of nitrogens with zero attached hydrogens (tertiary/aromatic N) is 4. The highest BCUT2D eigenvalue weighted by Crippen LogP contribution is 2.32. The number of hydrogen-bond acceptors (Lipinski definition) is 7. The van der Waals surface area contributed by atoms with E-state index in [1.54, 1.807) is 25.1 Å². The lowest BCUT2D eigenvalue weighted by molar-refractivity contribution is -0.384. The third-order valence-corrected chi connectivity index (χ3v) is 5.31. The second kappa shape index (κ2) is 9.06. The number of piperazine rings is 1. The van der Waals surface area contributed by atoms with Crippen molar-refractivity contribution in [3.63, 3.8) is 0 Å². The molecule has 1 atom stereocenters. The summed E-state index contributed by atoms with van der Waals surface area (Å²) in [5, 5.41) is 25.4. The minimum atomic E-state index is -0.544. The molecule has 1 aliphatic rings. The van der Waals surface area contributed by atoms with E-state index in [4.69, 9.17) is 11.6 Å². The van der Waals surface area contributed by atoms with Gasteiger partial charge < -0.3 is 10.2 Å². The lowest BCUT2D eigenvalue weighted by Gasteiger charge is -2.38. The molecule has 30 heavy (non-hydrogen) atoms. The molecule has 158 valence electrons. The van der Waals surface area contributed by atoms with E-state index in [0.29, 0.717) is 36.9 Å². The molecule has 1 unspecified atom stereocenters. The van der Waals surface area contributed by atoms with Gasteiger partial charge in [-0.2, -0.15) is 0 Å². The van der Waals surface area contributed by atoms with Crippen molar-refractivity contribution >= 4 is 40.3 Å². The third-order valence-electron chi connectivity index (χ3n) is 5.07. The molecule has 3 rings (SSSR count). The second-order valence-electron chi connectivity index (χ2n) is 6.85. The van der Waals surface area contributed by atoms with Crippen LogP contribution < -0.4 is 10.2 Å². The molecule has 10 nitrogen and oxygen atoms in total. The number of rotatable bonds is 6. The first kappa shape index (κ1) is 21.5. The summed E-state index contributed by atoms with van der Waals surface area (Å²) in [5.41, 5.74) is 0.409. The van der Waals surface area contributed by atoms with Gasteiger partial charge in [-0.3, -0.25) is 29.9 Å². The fourth-order valence-electron chi connectivity index (χ4n) is 3.40. The van der Waals surface area contributed by atoms with Gasteiger partial charge >= 0.3 is 0 Å². The van der Waals surface area contributed by atoms with Gasteiger partial charge in [0.05, 0.1) is 15.9 Å². The van der Waals surface area contributed by atoms with E-state index >= 15 is 0 Å². The molecule has 2 aromatic rings. The Morgan fingerprint density at radius 3 is 2.30 bits per heavy atom. The van der Waals surface area contributed by atoms with E-state index in [9.17, 15) is 25.0 Å². The van der Waals surface area contributed by atoms with Gasteiger partial charge in [0.25, 0.3) is 11.4 Å². The Kier molecular flexibility index (Phi) is 6.48. The van der Waals surface area contributed by atoms with E-state index in [0.717, 1.165) is 0 Å². The average molecular weight is 434 g/mol. The van der Waals surface area contributed by atoms with Gasteiger partial charge in [0.1, 0.15) is 11.4 Å². The molecule has 1 heterocycles. The summed E-state index contributed by atoms with van der Waals surface area (Å²) in [5.74, 6) is -0.352. The Labute approximate surface area is 177 Å². The monoisotopic (exact) mass is 433 g/mol. The zero-order valence-electron chi connectivity index (χ0n) is 16.2. The second-order valence-corrected chi connectivity index (χ2v) is 7.29. The molecule has 1 amide bonds. The third kappa shape index (κ3) is 4.66. The Bertz CT molecular complexity index is 978. The number of nitro groups is 2. The maximum Gasteiger partial charge on any atom is 0.294 e. The normalized spacial score (nSPS) is 15.5. The van der Waals surface area contributed by atoms with Crippen molar-refractivity contribution in [2.75, 3.05) is 36.4 Å². The molecule has 2 aromatic carbocycles. The summed E-state index contributed by atoms with van der Waals surface area (Å²) in [4.78, 5) is 37.9. The predicted octanol–water partition coefficient (Wildman–Crippen LogP) is 3.31. The summed E-state index contributed by atoms with van der Waals surface area (Å²) < 4.78 is 0. The van der Waals surface area contributed by atoms with Gasteiger partial charge in [-0.15, -0.1) is 0 Å². The number of halogens is 1. The van der Waals surface area contributed by atoms with Crippen LogP contribution in [0.25, 0.3) is 0 Å². The van der Waals surface area contributed by atoms with Gasteiger partial charge in [-0.05, 0) is 25.1 Å². The highest BCUT2D eigenvalue weighted by Gasteiger charge is 2.29.